The van der Waals surface area contributed by atoms with Crippen molar-refractivity contribution in [3.05, 3.63) is 0 Å². The molecular formula is C11H17F6NO4. The lowest BCUT2D eigenvalue weighted by Gasteiger charge is -2.35. The summed E-state index contributed by atoms with van der Waals surface area (Å²) in [5.41, 5.74) is 0. The van der Waals surface area contributed by atoms with Gasteiger partial charge in [-0.05, 0) is 0 Å². The molecule has 2 atom stereocenters. The highest BCUT2D eigenvalue weighted by Gasteiger charge is 2.47. The lowest BCUT2D eigenvalue weighted by molar-refractivity contribution is -0.306. The van der Waals surface area contributed by atoms with E-state index in [0.717, 1.165) is 4.90 Å². The number of halogens is 6. The highest BCUT2D eigenvalue weighted by Crippen LogP contribution is 2.28. The maximum Gasteiger partial charge on any atom is 0.508 e. The first-order chi connectivity index (χ1) is 10.2. The van der Waals surface area contributed by atoms with E-state index in [0.29, 0.717) is 0 Å². The monoisotopic (exact) mass is 341 g/mol. The topological polar surface area (TPSA) is 48.0 Å². The molecule has 0 aromatic carbocycles. The zero-order chi connectivity index (χ0) is 17.3. The van der Waals surface area contributed by atoms with Crippen molar-refractivity contribution < 1.29 is 45.3 Å². The van der Waals surface area contributed by atoms with Crippen LogP contribution in [0, 0.1) is 0 Å². The second-order valence-electron chi connectivity index (χ2n) is 3.94. The molecule has 0 aromatic rings. The number of cyclic esters (lactones) is 2. The third-order valence-electron chi connectivity index (χ3n) is 2.59. The predicted molar refractivity (Wildman–Crippen MR) is 62.0 cm³/mol. The SMILES string of the molecule is CCN(CC)C(F)(OCC1COC(=O)O1)C(F)F.FC(F)F. The molecule has 0 amide bonds. The fourth-order valence-corrected chi connectivity index (χ4v) is 1.60. The van der Waals surface area contributed by atoms with E-state index in [1.54, 1.807) is 13.8 Å². The van der Waals surface area contributed by atoms with Crippen molar-refractivity contribution in [1.29, 1.82) is 0 Å². The van der Waals surface area contributed by atoms with Crippen LogP contribution < -0.4 is 0 Å². The quantitative estimate of drug-likeness (QED) is 0.308. The maximum absolute atomic E-state index is 14.1. The van der Waals surface area contributed by atoms with Crippen LogP contribution >= 0.6 is 0 Å². The molecule has 1 aliphatic rings. The number of hydrogen-bond acceptors (Lipinski definition) is 5. The predicted octanol–water partition coefficient (Wildman–Crippen LogP) is 2.95. The minimum atomic E-state index is -3.67. The van der Waals surface area contributed by atoms with Crippen LogP contribution in [0.25, 0.3) is 0 Å². The summed E-state index contributed by atoms with van der Waals surface area (Å²) in [6.07, 6.45) is -5.09. The highest BCUT2D eigenvalue weighted by atomic mass is 19.4. The molecule has 132 valence electrons. The summed E-state index contributed by atoms with van der Waals surface area (Å²) in [5, 5.41) is 0. The van der Waals surface area contributed by atoms with E-state index < -0.39 is 37.9 Å². The van der Waals surface area contributed by atoms with Gasteiger partial charge in [0, 0.05) is 13.1 Å². The number of hydrogen-bond donors (Lipinski definition) is 0. The Morgan fingerprint density at radius 3 is 2.09 bits per heavy atom. The molecule has 1 saturated heterocycles. The highest BCUT2D eigenvalue weighted by molar-refractivity contribution is 5.61. The Hall–Kier alpha value is -1.23. The lowest BCUT2D eigenvalue weighted by atomic mass is 10.3. The molecule has 2 unspecified atom stereocenters. The molecule has 5 nitrogen and oxygen atoms in total. The van der Waals surface area contributed by atoms with Crippen LogP contribution in [-0.4, -0.2) is 62.5 Å². The Balaban J connectivity index is 0.000000980. The first-order valence-electron chi connectivity index (χ1n) is 6.29. The van der Waals surface area contributed by atoms with Crippen LogP contribution in [0.15, 0.2) is 0 Å². The second-order valence-corrected chi connectivity index (χ2v) is 3.94. The molecule has 1 fully saturated rings. The van der Waals surface area contributed by atoms with Crippen molar-refractivity contribution >= 4 is 6.16 Å². The summed E-state index contributed by atoms with van der Waals surface area (Å²) >= 11 is 0. The van der Waals surface area contributed by atoms with E-state index in [1.807, 2.05) is 0 Å². The number of nitrogens with zero attached hydrogens (tertiary/aromatic N) is 1. The first kappa shape index (κ1) is 20.8. The summed E-state index contributed by atoms with van der Waals surface area (Å²) < 4.78 is 82.3. The van der Waals surface area contributed by atoms with Gasteiger partial charge in [0.2, 0.25) is 0 Å². The molecule has 0 N–H and O–H groups in total. The zero-order valence-electron chi connectivity index (χ0n) is 11.9. The van der Waals surface area contributed by atoms with Crippen molar-refractivity contribution in [3.8, 4) is 0 Å². The standard InChI is InChI=1S/C10H16F3NO4.CHF3/c1-3-14(4-2)10(13,8(11)12)17-6-7-5-16-9(15)18-7;2-1(3)4/h7-8H,3-6H2,1-2H3;1H. The van der Waals surface area contributed by atoms with Gasteiger partial charge in [-0.1, -0.05) is 13.8 Å². The summed E-state index contributed by atoms with van der Waals surface area (Å²) in [5.74, 6) is -3.18. The van der Waals surface area contributed by atoms with Crippen LogP contribution in [0.1, 0.15) is 13.8 Å². The van der Waals surface area contributed by atoms with E-state index in [2.05, 4.69) is 14.2 Å². The Morgan fingerprint density at radius 2 is 1.77 bits per heavy atom. The fraction of sp³-hybridized carbons (Fsp3) is 0.909. The lowest BCUT2D eigenvalue weighted by Crippen LogP contribution is -2.53. The van der Waals surface area contributed by atoms with E-state index in [9.17, 15) is 31.1 Å². The van der Waals surface area contributed by atoms with Crippen molar-refractivity contribution in [3.63, 3.8) is 0 Å². The van der Waals surface area contributed by atoms with Crippen molar-refractivity contribution in [2.24, 2.45) is 0 Å². The van der Waals surface area contributed by atoms with Gasteiger partial charge in [0.15, 0.2) is 6.10 Å². The van der Waals surface area contributed by atoms with Crippen LogP contribution in [0.3, 0.4) is 0 Å². The molecule has 22 heavy (non-hydrogen) atoms. The molecule has 0 aliphatic carbocycles. The third-order valence-corrected chi connectivity index (χ3v) is 2.59. The van der Waals surface area contributed by atoms with Gasteiger partial charge >= 0.3 is 25.2 Å². The maximum atomic E-state index is 14.1. The minimum Gasteiger partial charge on any atom is -0.430 e. The molecule has 0 aromatic heterocycles. The molecule has 1 heterocycles. The normalized spacial score (nSPS) is 20.5. The van der Waals surface area contributed by atoms with Gasteiger partial charge in [0.05, 0.1) is 6.61 Å². The number of carbonyl (C=O) groups excluding carboxylic acids is 1. The Morgan fingerprint density at radius 1 is 1.27 bits per heavy atom. The van der Waals surface area contributed by atoms with Gasteiger partial charge in [-0.3, -0.25) is 0 Å². The zero-order valence-corrected chi connectivity index (χ0v) is 11.9. The molecule has 0 spiro atoms. The largest absolute Gasteiger partial charge is 0.508 e. The number of alkyl halides is 6. The van der Waals surface area contributed by atoms with E-state index in [4.69, 9.17) is 0 Å². The Kier molecular flexibility index (Phi) is 9.18. The van der Waals surface area contributed by atoms with Crippen LogP contribution in [0.5, 0.6) is 0 Å². The van der Waals surface area contributed by atoms with Crippen LogP contribution in [0.4, 0.5) is 31.1 Å². The summed E-state index contributed by atoms with van der Waals surface area (Å²) in [6.45, 7) is -1.05. The van der Waals surface area contributed by atoms with Crippen molar-refractivity contribution in [1.82, 2.24) is 4.90 Å². The van der Waals surface area contributed by atoms with Crippen LogP contribution in [-0.2, 0) is 14.2 Å². The average molecular weight is 341 g/mol. The fourth-order valence-electron chi connectivity index (χ4n) is 1.60. The van der Waals surface area contributed by atoms with Crippen molar-refractivity contribution in [2.75, 3.05) is 26.3 Å². The Bertz CT molecular complexity index is 329. The number of ether oxygens (including phenoxy) is 3. The molecule has 1 aliphatic heterocycles. The third kappa shape index (κ3) is 6.69. The molecule has 11 heteroatoms. The molecule has 0 radical (unpaired) electrons. The number of rotatable bonds is 7. The van der Waals surface area contributed by atoms with Crippen LogP contribution in [0.2, 0.25) is 0 Å². The smallest absolute Gasteiger partial charge is 0.430 e. The van der Waals surface area contributed by atoms with Gasteiger partial charge in [-0.15, -0.1) is 0 Å². The van der Waals surface area contributed by atoms with Gasteiger partial charge in [-0.2, -0.15) is 17.6 Å². The van der Waals surface area contributed by atoms with E-state index in [-0.39, 0.29) is 19.7 Å². The minimum absolute atomic E-state index is 0.0678. The molecule has 1 rings (SSSR count). The second kappa shape index (κ2) is 9.72. The summed E-state index contributed by atoms with van der Waals surface area (Å²) in [7, 11) is 0. The summed E-state index contributed by atoms with van der Waals surface area (Å²) in [4.78, 5) is 11.5. The van der Waals surface area contributed by atoms with E-state index in [1.165, 1.54) is 0 Å². The van der Waals surface area contributed by atoms with Gasteiger partial charge < -0.3 is 14.2 Å². The molecular weight excluding hydrogens is 324 g/mol. The van der Waals surface area contributed by atoms with Crippen molar-refractivity contribution in [2.45, 2.75) is 39.0 Å². The average Bonchev–Trinajstić information content (AvgIpc) is 2.82. The molecule has 0 saturated carbocycles. The number of carbonyl (C=O) groups is 1. The van der Waals surface area contributed by atoms with Gasteiger partial charge in [-0.25, -0.2) is 18.5 Å². The van der Waals surface area contributed by atoms with Gasteiger partial charge in [0.1, 0.15) is 6.61 Å². The summed E-state index contributed by atoms with van der Waals surface area (Å²) in [6, 6.07) is 0. The molecule has 0 bridgehead atoms. The first-order valence-corrected chi connectivity index (χ1v) is 6.29. The van der Waals surface area contributed by atoms with E-state index >= 15 is 0 Å². The van der Waals surface area contributed by atoms with Gasteiger partial charge in [0.25, 0.3) is 0 Å². The Labute approximate surface area is 123 Å².